The number of nitrogens with one attached hydrogen (secondary N) is 2. The molecule has 0 saturated heterocycles. The summed E-state index contributed by atoms with van der Waals surface area (Å²) in [5.74, 6) is -0.664. The number of carbonyl (C=O) groups is 1. The molecule has 5 rings (SSSR count). The maximum atomic E-state index is 12.9. The Kier molecular flexibility index (Phi) is 5.79. The predicted molar refractivity (Wildman–Crippen MR) is 134 cm³/mol. The summed E-state index contributed by atoms with van der Waals surface area (Å²) in [4.78, 5) is 25.3. The summed E-state index contributed by atoms with van der Waals surface area (Å²) in [7, 11) is -3.88. The molecule has 0 saturated carbocycles. The van der Waals surface area contributed by atoms with Gasteiger partial charge in [-0.2, -0.15) is 0 Å². The Balaban J connectivity index is 1.38. The highest BCUT2D eigenvalue weighted by Gasteiger charge is 2.18. The Bertz CT molecular complexity index is 1740. The SMILES string of the molecule is CCc1nnc(NS(=O)(=O)c2ccc(NC(=O)c3cc4c(ccc5ccccc54)oc3=O)cc2)s1. The smallest absolute Gasteiger partial charge is 0.349 e. The second-order valence-corrected chi connectivity index (χ2v) is 10.3. The number of amides is 1. The van der Waals surface area contributed by atoms with Crippen LogP contribution in [0.1, 0.15) is 22.3 Å². The number of rotatable bonds is 6. The minimum Gasteiger partial charge on any atom is -0.422 e. The normalized spacial score (nSPS) is 11.6. The predicted octanol–water partition coefficient (Wildman–Crippen LogP) is 4.41. The first-order valence-electron chi connectivity index (χ1n) is 10.6. The Morgan fingerprint density at radius 1 is 1.00 bits per heavy atom. The fourth-order valence-corrected chi connectivity index (χ4v) is 5.47. The van der Waals surface area contributed by atoms with Gasteiger partial charge < -0.3 is 9.73 Å². The third kappa shape index (κ3) is 4.51. The molecule has 0 aliphatic heterocycles. The molecule has 0 unspecified atom stereocenters. The molecule has 5 aromatic rings. The third-order valence-electron chi connectivity index (χ3n) is 5.30. The van der Waals surface area contributed by atoms with Gasteiger partial charge in [-0.3, -0.25) is 9.52 Å². The molecule has 0 atom stereocenters. The Morgan fingerprint density at radius 3 is 2.51 bits per heavy atom. The van der Waals surface area contributed by atoms with Crippen LogP contribution in [0, 0.1) is 0 Å². The summed E-state index contributed by atoms with van der Waals surface area (Å²) in [5.41, 5.74) is -0.225. The molecule has 2 aromatic heterocycles. The van der Waals surface area contributed by atoms with Gasteiger partial charge in [-0.05, 0) is 53.6 Å². The molecular formula is C24H18N4O5S2. The third-order valence-corrected chi connectivity index (χ3v) is 7.77. The monoisotopic (exact) mass is 506 g/mol. The molecule has 0 aliphatic rings. The standard InChI is InChI=1S/C24H18N4O5S2/c1-2-21-26-27-24(34-21)28-35(31,32)16-10-8-15(9-11-16)25-22(29)19-13-18-17-6-4-3-5-14(17)7-12-20(18)33-23(19)30/h3-13H,2H2,1H3,(H,25,29)(H,27,28). The van der Waals surface area contributed by atoms with Gasteiger partial charge in [0.05, 0.1) is 4.90 Å². The molecule has 35 heavy (non-hydrogen) atoms. The van der Waals surface area contributed by atoms with Crippen LogP contribution in [0.3, 0.4) is 0 Å². The molecule has 9 nitrogen and oxygen atoms in total. The van der Waals surface area contributed by atoms with Gasteiger partial charge in [0.25, 0.3) is 15.9 Å². The van der Waals surface area contributed by atoms with E-state index >= 15 is 0 Å². The van der Waals surface area contributed by atoms with Crippen molar-refractivity contribution in [1.82, 2.24) is 10.2 Å². The largest absolute Gasteiger partial charge is 0.422 e. The van der Waals surface area contributed by atoms with E-state index in [-0.39, 0.29) is 15.6 Å². The highest BCUT2D eigenvalue weighted by Crippen LogP contribution is 2.25. The van der Waals surface area contributed by atoms with Gasteiger partial charge in [0.1, 0.15) is 16.2 Å². The molecule has 0 radical (unpaired) electrons. The van der Waals surface area contributed by atoms with Gasteiger partial charge in [0, 0.05) is 11.1 Å². The first kappa shape index (κ1) is 22.7. The zero-order valence-electron chi connectivity index (χ0n) is 18.3. The number of hydrogen-bond acceptors (Lipinski definition) is 8. The van der Waals surface area contributed by atoms with Gasteiger partial charge in [-0.25, -0.2) is 13.2 Å². The molecule has 2 N–H and O–H groups in total. The number of sulfonamides is 1. The average molecular weight is 507 g/mol. The van der Waals surface area contributed by atoms with Crippen LogP contribution in [0.25, 0.3) is 21.7 Å². The zero-order valence-corrected chi connectivity index (χ0v) is 19.9. The number of anilines is 2. The van der Waals surface area contributed by atoms with Crippen molar-refractivity contribution in [2.75, 3.05) is 10.0 Å². The van der Waals surface area contributed by atoms with Crippen LogP contribution in [-0.2, 0) is 16.4 Å². The van der Waals surface area contributed by atoms with Gasteiger partial charge in [-0.15, -0.1) is 10.2 Å². The summed E-state index contributed by atoms with van der Waals surface area (Å²) < 4.78 is 33.0. The molecule has 0 bridgehead atoms. The van der Waals surface area contributed by atoms with Crippen molar-refractivity contribution >= 4 is 59.8 Å². The zero-order chi connectivity index (χ0) is 24.6. The Morgan fingerprint density at radius 2 is 1.77 bits per heavy atom. The Hall–Kier alpha value is -4.09. The lowest BCUT2D eigenvalue weighted by Gasteiger charge is -2.08. The molecule has 1 amide bonds. The molecule has 11 heteroatoms. The lowest BCUT2D eigenvalue weighted by molar-refractivity contribution is 0.102. The molecule has 0 aliphatic carbocycles. The highest BCUT2D eigenvalue weighted by molar-refractivity contribution is 7.93. The fraction of sp³-hybridized carbons (Fsp3) is 0.0833. The van der Waals surface area contributed by atoms with Crippen molar-refractivity contribution in [2.45, 2.75) is 18.2 Å². The number of nitrogens with zero attached hydrogens (tertiary/aromatic N) is 2. The average Bonchev–Trinajstić information content (AvgIpc) is 3.30. The van der Waals surface area contributed by atoms with E-state index in [2.05, 4.69) is 20.2 Å². The van der Waals surface area contributed by atoms with Crippen molar-refractivity contribution < 1.29 is 17.6 Å². The number of aryl methyl sites for hydroxylation is 1. The number of hydrogen-bond donors (Lipinski definition) is 2. The second-order valence-electron chi connectivity index (χ2n) is 7.58. The van der Waals surface area contributed by atoms with Crippen molar-refractivity contribution in [3.63, 3.8) is 0 Å². The number of carbonyl (C=O) groups excluding carboxylic acids is 1. The molecule has 2 heterocycles. The van der Waals surface area contributed by atoms with Crippen molar-refractivity contribution in [1.29, 1.82) is 0 Å². The Labute approximate surface area is 203 Å². The van der Waals surface area contributed by atoms with Crippen LogP contribution in [0.2, 0.25) is 0 Å². The maximum Gasteiger partial charge on any atom is 0.349 e. The van der Waals surface area contributed by atoms with E-state index < -0.39 is 21.6 Å². The van der Waals surface area contributed by atoms with Gasteiger partial charge in [-0.1, -0.05) is 48.6 Å². The number of aromatic nitrogens is 2. The van der Waals surface area contributed by atoms with E-state index in [0.29, 0.717) is 28.1 Å². The van der Waals surface area contributed by atoms with Crippen LogP contribution in [0.5, 0.6) is 0 Å². The highest BCUT2D eigenvalue weighted by atomic mass is 32.2. The summed E-state index contributed by atoms with van der Waals surface area (Å²) in [6.07, 6.45) is 0.652. The minimum atomic E-state index is -3.88. The van der Waals surface area contributed by atoms with Crippen LogP contribution in [-0.4, -0.2) is 24.5 Å². The van der Waals surface area contributed by atoms with E-state index in [1.54, 1.807) is 6.07 Å². The van der Waals surface area contributed by atoms with E-state index in [1.807, 2.05) is 37.3 Å². The quantitative estimate of drug-likeness (QED) is 0.257. The van der Waals surface area contributed by atoms with Crippen molar-refractivity contribution in [3.05, 3.63) is 87.7 Å². The molecule has 0 fully saturated rings. The maximum absolute atomic E-state index is 12.9. The van der Waals surface area contributed by atoms with E-state index in [1.165, 1.54) is 30.3 Å². The summed E-state index contributed by atoms with van der Waals surface area (Å²) in [6.45, 7) is 1.90. The lowest BCUT2D eigenvalue weighted by Crippen LogP contribution is -2.20. The molecule has 3 aromatic carbocycles. The van der Waals surface area contributed by atoms with E-state index in [0.717, 1.165) is 22.1 Å². The van der Waals surface area contributed by atoms with Crippen LogP contribution in [0.15, 0.2) is 80.8 Å². The summed E-state index contributed by atoms with van der Waals surface area (Å²) >= 11 is 1.16. The first-order chi connectivity index (χ1) is 16.8. The van der Waals surface area contributed by atoms with Gasteiger partial charge in [0.15, 0.2) is 0 Å². The number of fused-ring (bicyclic) bond motifs is 3. The molecular weight excluding hydrogens is 488 g/mol. The van der Waals surface area contributed by atoms with Crippen LogP contribution < -0.4 is 15.7 Å². The minimum absolute atomic E-state index is 0.0135. The fourth-order valence-electron chi connectivity index (χ4n) is 3.56. The topological polar surface area (TPSA) is 131 Å². The van der Waals surface area contributed by atoms with Gasteiger partial charge >= 0.3 is 5.63 Å². The van der Waals surface area contributed by atoms with Crippen molar-refractivity contribution in [3.8, 4) is 0 Å². The summed E-state index contributed by atoms with van der Waals surface area (Å²) in [6, 6.07) is 18.2. The number of benzene rings is 3. The van der Waals surface area contributed by atoms with Crippen LogP contribution in [0.4, 0.5) is 10.8 Å². The van der Waals surface area contributed by atoms with Crippen LogP contribution >= 0.6 is 11.3 Å². The molecule has 176 valence electrons. The second kappa shape index (κ2) is 8.93. The molecule has 0 spiro atoms. The summed E-state index contributed by atoms with van der Waals surface area (Å²) in [5, 5.41) is 13.7. The van der Waals surface area contributed by atoms with Gasteiger partial charge in [0.2, 0.25) is 5.13 Å². The van der Waals surface area contributed by atoms with E-state index in [4.69, 9.17) is 4.42 Å². The first-order valence-corrected chi connectivity index (χ1v) is 12.9. The van der Waals surface area contributed by atoms with E-state index in [9.17, 15) is 18.0 Å². The lowest BCUT2D eigenvalue weighted by atomic mass is 10.0. The van der Waals surface area contributed by atoms with Crippen molar-refractivity contribution in [2.24, 2.45) is 0 Å².